The number of ketones is 1. The predicted molar refractivity (Wildman–Crippen MR) is 88.8 cm³/mol. The fourth-order valence-corrected chi connectivity index (χ4v) is 3.25. The second-order valence-corrected chi connectivity index (χ2v) is 7.07. The van der Waals surface area contributed by atoms with Gasteiger partial charge in [-0.3, -0.25) is 9.52 Å². The highest BCUT2D eigenvalue weighted by Crippen LogP contribution is 2.15. The second-order valence-electron chi connectivity index (χ2n) is 5.23. The van der Waals surface area contributed by atoms with Crippen molar-refractivity contribution in [2.45, 2.75) is 39.0 Å². The van der Waals surface area contributed by atoms with E-state index in [4.69, 9.17) is 4.74 Å². The van der Waals surface area contributed by atoms with Gasteiger partial charge in [0.05, 0.1) is 5.75 Å². The van der Waals surface area contributed by atoms with Crippen LogP contribution in [0.1, 0.15) is 49.4 Å². The standard InChI is InChI=1S/C16H25NO4S/c1-3-8-16(18)14-9-7-10-15(13-14)17-22(19,20)12-6-4-5-11-21-2/h7,9-10,13,17H,3-6,8,11-12H2,1-2H3. The van der Waals surface area contributed by atoms with Crippen LogP contribution < -0.4 is 4.72 Å². The van der Waals surface area contributed by atoms with E-state index in [1.54, 1.807) is 31.4 Å². The van der Waals surface area contributed by atoms with E-state index in [-0.39, 0.29) is 11.5 Å². The summed E-state index contributed by atoms with van der Waals surface area (Å²) in [5.74, 6) is 0.104. The Morgan fingerprint density at radius 1 is 1.23 bits per heavy atom. The molecule has 1 N–H and O–H groups in total. The van der Waals surface area contributed by atoms with E-state index in [0.29, 0.717) is 30.7 Å². The molecule has 0 aliphatic heterocycles. The average Bonchev–Trinajstić information content (AvgIpc) is 2.47. The van der Waals surface area contributed by atoms with Crippen LogP contribution in [0.2, 0.25) is 0 Å². The Labute approximate surface area is 133 Å². The lowest BCUT2D eigenvalue weighted by atomic mass is 10.1. The zero-order valence-corrected chi connectivity index (χ0v) is 14.1. The fraction of sp³-hybridized carbons (Fsp3) is 0.562. The maximum Gasteiger partial charge on any atom is 0.232 e. The molecule has 0 aliphatic carbocycles. The third-order valence-corrected chi connectivity index (χ3v) is 4.57. The number of benzene rings is 1. The van der Waals surface area contributed by atoms with Gasteiger partial charge in [0.1, 0.15) is 0 Å². The Balaban J connectivity index is 2.57. The number of hydrogen-bond acceptors (Lipinski definition) is 4. The van der Waals surface area contributed by atoms with Gasteiger partial charge in [-0.05, 0) is 31.4 Å². The van der Waals surface area contributed by atoms with Crippen LogP contribution in [0, 0.1) is 0 Å². The quantitative estimate of drug-likeness (QED) is 0.500. The molecule has 1 aromatic rings. The molecule has 1 aromatic carbocycles. The van der Waals surface area contributed by atoms with Gasteiger partial charge in [-0.1, -0.05) is 25.5 Å². The van der Waals surface area contributed by atoms with E-state index < -0.39 is 10.0 Å². The van der Waals surface area contributed by atoms with Crippen molar-refractivity contribution in [3.63, 3.8) is 0 Å². The van der Waals surface area contributed by atoms with E-state index >= 15 is 0 Å². The molecule has 0 aliphatic rings. The first-order valence-corrected chi connectivity index (χ1v) is 9.26. The predicted octanol–water partition coefficient (Wildman–Crippen LogP) is 3.23. The highest BCUT2D eigenvalue weighted by molar-refractivity contribution is 7.92. The maximum atomic E-state index is 12.0. The van der Waals surface area contributed by atoms with Crippen LogP contribution in [0.15, 0.2) is 24.3 Å². The zero-order valence-electron chi connectivity index (χ0n) is 13.3. The van der Waals surface area contributed by atoms with Crippen LogP contribution in [0.5, 0.6) is 0 Å². The molecule has 0 aromatic heterocycles. The molecule has 124 valence electrons. The summed E-state index contributed by atoms with van der Waals surface area (Å²) in [4.78, 5) is 11.8. The molecular weight excluding hydrogens is 302 g/mol. The fourth-order valence-electron chi connectivity index (χ4n) is 2.07. The first-order valence-electron chi connectivity index (χ1n) is 7.61. The van der Waals surface area contributed by atoms with Crippen LogP contribution in [-0.2, 0) is 14.8 Å². The van der Waals surface area contributed by atoms with Crippen LogP contribution in [0.25, 0.3) is 0 Å². The van der Waals surface area contributed by atoms with Crippen molar-refractivity contribution >= 4 is 21.5 Å². The van der Waals surface area contributed by atoms with Gasteiger partial charge < -0.3 is 4.74 Å². The first kappa shape index (κ1) is 18.6. The lowest BCUT2D eigenvalue weighted by Crippen LogP contribution is -2.17. The van der Waals surface area contributed by atoms with E-state index in [1.165, 1.54) is 0 Å². The summed E-state index contributed by atoms with van der Waals surface area (Å²) in [7, 11) is -1.75. The molecule has 0 saturated heterocycles. The van der Waals surface area contributed by atoms with Gasteiger partial charge in [-0.2, -0.15) is 0 Å². The summed E-state index contributed by atoms with van der Waals surface area (Å²) in [6.07, 6.45) is 3.50. The number of carbonyl (C=O) groups is 1. The summed E-state index contributed by atoms with van der Waals surface area (Å²) >= 11 is 0. The third kappa shape index (κ3) is 7.04. The summed E-state index contributed by atoms with van der Waals surface area (Å²) in [5, 5.41) is 0. The number of sulfonamides is 1. The number of ether oxygens (including phenoxy) is 1. The van der Waals surface area contributed by atoms with Crippen molar-refractivity contribution in [1.29, 1.82) is 0 Å². The van der Waals surface area contributed by atoms with Crippen LogP contribution >= 0.6 is 0 Å². The van der Waals surface area contributed by atoms with Crippen molar-refractivity contribution in [1.82, 2.24) is 0 Å². The Bertz CT molecular complexity index is 569. The monoisotopic (exact) mass is 327 g/mol. The van der Waals surface area contributed by atoms with Gasteiger partial charge in [0.25, 0.3) is 0 Å². The van der Waals surface area contributed by atoms with Gasteiger partial charge in [-0.25, -0.2) is 8.42 Å². The molecule has 0 bridgehead atoms. The molecule has 22 heavy (non-hydrogen) atoms. The summed E-state index contributed by atoms with van der Waals surface area (Å²) in [5.41, 5.74) is 0.987. The summed E-state index contributed by atoms with van der Waals surface area (Å²) < 4.78 is 31.5. The van der Waals surface area contributed by atoms with Gasteiger partial charge in [0.15, 0.2) is 5.78 Å². The molecule has 0 saturated carbocycles. The van der Waals surface area contributed by atoms with Crippen molar-refractivity contribution < 1.29 is 17.9 Å². The first-order chi connectivity index (χ1) is 10.5. The maximum absolute atomic E-state index is 12.0. The lowest BCUT2D eigenvalue weighted by molar-refractivity contribution is 0.0982. The van der Waals surface area contributed by atoms with Gasteiger partial charge in [0.2, 0.25) is 10.0 Å². The Morgan fingerprint density at radius 2 is 2.00 bits per heavy atom. The third-order valence-electron chi connectivity index (χ3n) is 3.20. The number of anilines is 1. The molecular formula is C16H25NO4S. The van der Waals surface area contributed by atoms with Crippen LogP contribution in [-0.4, -0.2) is 33.7 Å². The Kier molecular flexibility index (Phi) is 8.12. The number of hydrogen-bond donors (Lipinski definition) is 1. The minimum Gasteiger partial charge on any atom is -0.385 e. The highest BCUT2D eigenvalue weighted by Gasteiger charge is 2.11. The molecule has 0 heterocycles. The van der Waals surface area contributed by atoms with Gasteiger partial charge >= 0.3 is 0 Å². The minimum atomic E-state index is -3.38. The highest BCUT2D eigenvalue weighted by atomic mass is 32.2. The topological polar surface area (TPSA) is 72.5 Å². The number of nitrogens with one attached hydrogen (secondary N) is 1. The van der Waals surface area contributed by atoms with Crippen LogP contribution in [0.3, 0.4) is 0 Å². The molecule has 0 fully saturated rings. The molecule has 0 atom stereocenters. The average molecular weight is 327 g/mol. The molecule has 6 heteroatoms. The zero-order chi connectivity index (χ0) is 16.4. The van der Waals surface area contributed by atoms with Crippen molar-refractivity contribution in [3.8, 4) is 0 Å². The lowest BCUT2D eigenvalue weighted by Gasteiger charge is -2.09. The largest absolute Gasteiger partial charge is 0.385 e. The van der Waals surface area contributed by atoms with E-state index in [0.717, 1.165) is 19.3 Å². The minimum absolute atomic E-state index is 0.0307. The normalized spacial score (nSPS) is 11.4. The Morgan fingerprint density at radius 3 is 2.68 bits per heavy atom. The van der Waals surface area contributed by atoms with Gasteiger partial charge in [0, 0.05) is 31.4 Å². The van der Waals surface area contributed by atoms with Crippen molar-refractivity contribution in [3.05, 3.63) is 29.8 Å². The van der Waals surface area contributed by atoms with Crippen molar-refractivity contribution in [2.24, 2.45) is 0 Å². The number of Topliss-reactive ketones (excluding diaryl/α,β-unsaturated/α-hetero) is 1. The molecule has 0 spiro atoms. The number of methoxy groups -OCH3 is 1. The molecule has 0 amide bonds. The van der Waals surface area contributed by atoms with E-state index in [2.05, 4.69) is 4.72 Å². The van der Waals surface area contributed by atoms with E-state index in [1.807, 2.05) is 6.92 Å². The summed E-state index contributed by atoms with van der Waals surface area (Å²) in [6.45, 7) is 2.59. The molecule has 0 unspecified atom stereocenters. The Hall–Kier alpha value is -1.40. The second kappa shape index (κ2) is 9.58. The number of rotatable bonds is 11. The number of unbranched alkanes of at least 4 members (excludes halogenated alkanes) is 2. The van der Waals surface area contributed by atoms with Gasteiger partial charge in [-0.15, -0.1) is 0 Å². The van der Waals surface area contributed by atoms with Crippen molar-refractivity contribution in [2.75, 3.05) is 24.2 Å². The number of carbonyl (C=O) groups excluding carboxylic acids is 1. The molecule has 1 rings (SSSR count). The molecule has 5 nitrogen and oxygen atoms in total. The molecule has 0 radical (unpaired) electrons. The van der Waals surface area contributed by atoms with Crippen LogP contribution in [0.4, 0.5) is 5.69 Å². The SMILES string of the molecule is CCCC(=O)c1cccc(NS(=O)(=O)CCCCCOC)c1. The summed E-state index contributed by atoms with van der Waals surface area (Å²) in [6, 6.07) is 6.66. The van der Waals surface area contributed by atoms with E-state index in [9.17, 15) is 13.2 Å². The smallest absolute Gasteiger partial charge is 0.232 e.